The van der Waals surface area contributed by atoms with Crippen LogP contribution >= 0.6 is 11.3 Å². The fourth-order valence-electron chi connectivity index (χ4n) is 1.19. The summed E-state index contributed by atoms with van der Waals surface area (Å²) in [6, 6.07) is -0.190. The molecule has 1 atom stereocenters. The van der Waals surface area contributed by atoms with Gasteiger partial charge in [-0.1, -0.05) is 19.3 Å². The molecule has 1 heterocycles. The molecule has 0 aliphatic carbocycles. The number of amides is 1. The van der Waals surface area contributed by atoms with Crippen molar-refractivity contribution in [2.24, 2.45) is 0 Å². The Bertz CT molecular complexity index is 378. The van der Waals surface area contributed by atoms with E-state index in [4.69, 9.17) is 6.42 Å². The van der Waals surface area contributed by atoms with Gasteiger partial charge in [0, 0.05) is 5.38 Å². The molecule has 0 aliphatic rings. The molecule has 0 aromatic carbocycles. The van der Waals surface area contributed by atoms with Gasteiger partial charge in [0.15, 0.2) is 0 Å². The van der Waals surface area contributed by atoms with Crippen LogP contribution < -0.4 is 5.32 Å². The molecule has 0 spiro atoms. The summed E-state index contributed by atoms with van der Waals surface area (Å²) < 4.78 is 0. The zero-order valence-electron chi connectivity index (χ0n) is 8.91. The third kappa shape index (κ3) is 3.37. The van der Waals surface area contributed by atoms with Gasteiger partial charge in [0.25, 0.3) is 5.91 Å². The summed E-state index contributed by atoms with van der Waals surface area (Å²) in [5.74, 6) is 2.37. The van der Waals surface area contributed by atoms with Crippen LogP contribution in [0.1, 0.15) is 35.3 Å². The molecule has 3 nitrogen and oxygen atoms in total. The topological polar surface area (TPSA) is 42.0 Å². The van der Waals surface area contributed by atoms with E-state index in [1.807, 2.05) is 13.8 Å². The van der Waals surface area contributed by atoms with E-state index in [2.05, 4.69) is 16.2 Å². The molecule has 1 amide bonds. The molecule has 1 unspecified atom stereocenters. The first-order valence-corrected chi connectivity index (χ1v) is 5.74. The van der Waals surface area contributed by atoms with E-state index in [0.717, 1.165) is 17.8 Å². The number of hydrogen-bond donors (Lipinski definition) is 1. The van der Waals surface area contributed by atoms with E-state index >= 15 is 0 Å². The van der Waals surface area contributed by atoms with Gasteiger partial charge in [-0.2, -0.15) is 0 Å². The Hall–Kier alpha value is -1.34. The van der Waals surface area contributed by atoms with Crippen LogP contribution in [0.15, 0.2) is 5.38 Å². The molecule has 0 aliphatic heterocycles. The molecule has 0 bridgehead atoms. The average molecular weight is 222 g/mol. The molecule has 15 heavy (non-hydrogen) atoms. The number of thiazole rings is 1. The predicted octanol–water partition coefficient (Wildman–Crippen LogP) is 1.98. The lowest BCUT2D eigenvalue weighted by atomic mass is 10.2. The van der Waals surface area contributed by atoms with Crippen LogP contribution in [0.5, 0.6) is 0 Å². The number of carbonyl (C=O) groups excluding carboxylic acids is 1. The number of aryl methyl sites for hydroxylation is 1. The second-order valence-corrected chi connectivity index (χ2v) is 4.30. The van der Waals surface area contributed by atoms with Gasteiger partial charge < -0.3 is 5.32 Å². The molecule has 0 fully saturated rings. The van der Waals surface area contributed by atoms with Gasteiger partial charge >= 0.3 is 0 Å². The van der Waals surface area contributed by atoms with Gasteiger partial charge in [0.2, 0.25) is 0 Å². The van der Waals surface area contributed by atoms with Crippen LogP contribution in [0.4, 0.5) is 0 Å². The van der Waals surface area contributed by atoms with E-state index in [0.29, 0.717) is 5.69 Å². The quantitative estimate of drug-likeness (QED) is 0.791. The highest BCUT2D eigenvalue weighted by Gasteiger charge is 2.12. The van der Waals surface area contributed by atoms with Crippen molar-refractivity contribution in [3.05, 3.63) is 16.1 Å². The van der Waals surface area contributed by atoms with E-state index in [-0.39, 0.29) is 11.9 Å². The van der Waals surface area contributed by atoms with Crippen molar-refractivity contribution in [2.75, 3.05) is 0 Å². The molecule has 0 saturated carbocycles. The Kier molecular flexibility index (Phi) is 4.32. The molecule has 1 N–H and O–H groups in total. The lowest BCUT2D eigenvalue weighted by Crippen LogP contribution is -2.33. The minimum absolute atomic E-state index is 0.184. The minimum Gasteiger partial charge on any atom is -0.337 e. The largest absolute Gasteiger partial charge is 0.337 e. The zero-order chi connectivity index (χ0) is 11.3. The summed E-state index contributed by atoms with van der Waals surface area (Å²) in [6.45, 7) is 3.90. The molecule has 1 rings (SSSR count). The van der Waals surface area contributed by atoms with E-state index in [1.165, 1.54) is 11.3 Å². The number of rotatable bonds is 4. The summed E-state index contributed by atoms with van der Waals surface area (Å²) >= 11 is 1.46. The van der Waals surface area contributed by atoms with Gasteiger partial charge in [-0.3, -0.25) is 4.79 Å². The summed E-state index contributed by atoms with van der Waals surface area (Å²) in [5.41, 5.74) is 0.453. The third-order valence-corrected chi connectivity index (χ3v) is 2.71. The predicted molar refractivity (Wildman–Crippen MR) is 61.8 cm³/mol. The monoisotopic (exact) mass is 222 g/mol. The van der Waals surface area contributed by atoms with Crippen molar-refractivity contribution in [1.82, 2.24) is 10.3 Å². The second-order valence-electron chi connectivity index (χ2n) is 3.23. The number of hydrogen-bond acceptors (Lipinski definition) is 3. The smallest absolute Gasteiger partial charge is 0.271 e. The van der Waals surface area contributed by atoms with Crippen LogP contribution in [0.3, 0.4) is 0 Å². The van der Waals surface area contributed by atoms with Crippen molar-refractivity contribution in [2.45, 2.75) is 32.7 Å². The van der Waals surface area contributed by atoms with E-state index in [1.54, 1.807) is 5.38 Å². The third-order valence-electron chi connectivity index (χ3n) is 1.94. The highest BCUT2D eigenvalue weighted by Crippen LogP contribution is 2.08. The standard InChI is InChI=1S/C11H14N2OS/c1-4-6-9(5-2)13-11(14)10-7-15-8(3)12-10/h2,7,9H,4,6H2,1,3H3,(H,13,14). The molecule has 1 aromatic heterocycles. The maximum Gasteiger partial charge on any atom is 0.271 e. The maximum absolute atomic E-state index is 11.6. The Morgan fingerprint density at radius 1 is 1.80 bits per heavy atom. The molecule has 0 radical (unpaired) electrons. The van der Waals surface area contributed by atoms with Gasteiger partial charge in [-0.05, 0) is 13.3 Å². The van der Waals surface area contributed by atoms with Gasteiger partial charge in [-0.15, -0.1) is 17.8 Å². The SMILES string of the molecule is C#CC(CCC)NC(=O)c1csc(C)n1. The number of carbonyl (C=O) groups is 1. The highest BCUT2D eigenvalue weighted by molar-refractivity contribution is 7.09. The first-order chi connectivity index (χ1) is 7.17. The second kappa shape index (κ2) is 5.52. The van der Waals surface area contributed by atoms with Gasteiger partial charge in [-0.25, -0.2) is 4.98 Å². The van der Waals surface area contributed by atoms with Crippen LogP contribution in [0.2, 0.25) is 0 Å². The lowest BCUT2D eigenvalue weighted by Gasteiger charge is -2.10. The molecular formula is C11H14N2OS. The summed E-state index contributed by atoms with van der Waals surface area (Å²) in [6.07, 6.45) is 7.05. The van der Waals surface area contributed by atoms with E-state index in [9.17, 15) is 4.79 Å². The molecule has 4 heteroatoms. The van der Waals surface area contributed by atoms with Crippen molar-refractivity contribution in [3.8, 4) is 12.3 Å². The van der Waals surface area contributed by atoms with Gasteiger partial charge in [0.05, 0.1) is 11.0 Å². The zero-order valence-corrected chi connectivity index (χ0v) is 9.73. The van der Waals surface area contributed by atoms with Crippen molar-refractivity contribution < 1.29 is 4.79 Å². The molecule has 1 aromatic rings. The minimum atomic E-state index is -0.190. The average Bonchev–Trinajstić information content (AvgIpc) is 2.64. The summed E-state index contributed by atoms with van der Waals surface area (Å²) in [5, 5.41) is 5.39. The molecule has 0 saturated heterocycles. The summed E-state index contributed by atoms with van der Waals surface area (Å²) in [4.78, 5) is 15.7. The van der Waals surface area contributed by atoms with Crippen molar-refractivity contribution in [1.29, 1.82) is 0 Å². The Balaban J connectivity index is 2.59. The fraction of sp³-hybridized carbons (Fsp3) is 0.455. The van der Waals surface area contributed by atoms with Crippen molar-refractivity contribution in [3.63, 3.8) is 0 Å². The first kappa shape index (κ1) is 11.7. The van der Waals surface area contributed by atoms with Crippen LogP contribution in [-0.4, -0.2) is 16.9 Å². The fourth-order valence-corrected chi connectivity index (χ4v) is 1.78. The van der Waals surface area contributed by atoms with Crippen LogP contribution in [-0.2, 0) is 0 Å². The number of nitrogens with zero attached hydrogens (tertiary/aromatic N) is 1. The first-order valence-electron chi connectivity index (χ1n) is 4.86. The highest BCUT2D eigenvalue weighted by atomic mass is 32.1. The normalized spacial score (nSPS) is 11.8. The molecular weight excluding hydrogens is 208 g/mol. The number of aromatic nitrogens is 1. The number of nitrogens with one attached hydrogen (secondary N) is 1. The molecule has 80 valence electrons. The Labute approximate surface area is 93.9 Å². The Morgan fingerprint density at radius 2 is 2.53 bits per heavy atom. The van der Waals surface area contributed by atoms with E-state index < -0.39 is 0 Å². The lowest BCUT2D eigenvalue weighted by molar-refractivity contribution is 0.0940. The van der Waals surface area contributed by atoms with Gasteiger partial charge in [0.1, 0.15) is 5.69 Å². The van der Waals surface area contributed by atoms with Crippen LogP contribution in [0.25, 0.3) is 0 Å². The maximum atomic E-state index is 11.6. The number of terminal acetylenes is 1. The van der Waals surface area contributed by atoms with Crippen molar-refractivity contribution >= 4 is 17.2 Å². The summed E-state index contributed by atoms with van der Waals surface area (Å²) in [7, 11) is 0. The van der Waals surface area contributed by atoms with Crippen LogP contribution in [0, 0.1) is 19.3 Å². The Morgan fingerprint density at radius 3 is 3.00 bits per heavy atom.